The molecule has 0 aliphatic heterocycles. The first kappa shape index (κ1) is 26.4. The average Bonchev–Trinajstić information content (AvgIpc) is 3.20. The number of halogens is 2. The zero-order valence-corrected chi connectivity index (χ0v) is 20.8. The molecule has 0 aliphatic carbocycles. The molecule has 0 bridgehead atoms. The lowest BCUT2D eigenvalue weighted by molar-refractivity contribution is 0.292. The average molecular weight is 531 g/mol. The lowest BCUT2D eigenvalue weighted by atomic mass is 10.2. The third-order valence-corrected chi connectivity index (χ3v) is 4.93. The molecule has 6 nitrogen and oxygen atoms in total. The van der Waals surface area contributed by atoms with Crippen LogP contribution in [0.25, 0.3) is 11.5 Å². The Morgan fingerprint density at radius 3 is 2.57 bits per heavy atom. The summed E-state index contributed by atoms with van der Waals surface area (Å²) in [4.78, 5) is 11.2. The maximum atomic E-state index is 13.0. The number of oxazole rings is 1. The number of hydrogen-bond donors (Lipinski definition) is 2. The van der Waals surface area contributed by atoms with E-state index in [9.17, 15) is 4.39 Å². The van der Waals surface area contributed by atoms with E-state index in [4.69, 9.17) is 4.42 Å². The molecule has 1 aromatic heterocycles. The van der Waals surface area contributed by atoms with Crippen molar-refractivity contribution in [3.05, 3.63) is 42.0 Å². The number of benzene rings is 1. The number of rotatable bonds is 11. The Labute approximate surface area is 196 Å². The van der Waals surface area contributed by atoms with E-state index >= 15 is 0 Å². The zero-order chi connectivity index (χ0) is 21.1. The fraction of sp³-hybridized carbons (Fsp3) is 0.545. The predicted molar refractivity (Wildman–Crippen MR) is 132 cm³/mol. The first-order valence-electron chi connectivity index (χ1n) is 10.5. The molecule has 0 saturated carbocycles. The van der Waals surface area contributed by atoms with Crippen molar-refractivity contribution in [3.8, 4) is 11.5 Å². The van der Waals surface area contributed by atoms with Gasteiger partial charge in [-0.3, -0.25) is 4.99 Å². The summed E-state index contributed by atoms with van der Waals surface area (Å²) >= 11 is 0. The molecule has 1 unspecified atom stereocenters. The predicted octanol–water partition coefficient (Wildman–Crippen LogP) is 4.32. The molecule has 30 heavy (non-hydrogen) atoms. The monoisotopic (exact) mass is 531 g/mol. The summed E-state index contributed by atoms with van der Waals surface area (Å²) in [7, 11) is 1.78. The molecule has 0 spiro atoms. The van der Waals surface area contributed by atoms with Crippen LogP contribution in [-0.2, 0) is 6.42 Å². The van der Waals surface area contributed by atoms with Crippen LogP contribution < -0.4 is 10.6 Å². The van der Waals surface area contributed by atoms with E-state index in [1.165, 1.54) is 12.1 Å². The highest BCUT2D eigenvalue weighted by Crippen LogP contribution is 2.18. The normalized spacial score (nSPS) is 12.5. The molecular formula is C22H35FIN5O. The van der Waals surface area contributed by atoms with Crippen molar-refractivity contribution in [1.29, 1.82) is 0 Å². The Morgan fingerprint density at radius 1 is 1.23 bits per heavy atom. The van der Waals surface area contributed by atoms with Crippen LogP contribution >= 0.6 is 24.0 Å². The number of hydrogen-bond acceptors (Lipinski definition) is 4. The minimum absolute atomic E-state index is 0. The number of aliphatic imine (C=N–C) groups is 1. The minimum atomic E-state index is -0.272. The molecule has 0 radical (unpaired) electrons. The van der Waals surface area contributed by atoms with Gasteiger partial charge in [0, 0.05) is 31.6 Å². The van der Waals surface area contributed by atoms with Gasteiger partial charge in [0.25, 0.3) is 0 Å². The fourth-order valence-electron chi connectivity index (χ4n) is 3.12. The fourth-order valence-corrected chi connectivity index (χ4v) is 3.12. The Balaban J connectivity index is 0.00000450. The van der Waals surface area contributed by atoms with E-state index in [2.05, 4.69) is 46.3 Å². The third-order valence-electron chi connectivity index (χ3n) is 4.93. The van der Waals surface area contributed by atoms with Crippen LogP contribution in [0.2, 0.25) is 0 Å². The van der Waals surface area contributed by atoms with E-state index in [1.54, 1.807) is 25.4 Å². The van der Waals surface area contributed by atoms with Crippen molar-refractivity contribution in [2.45, 2.75) is 46.1 Å². The summed E-state index contributed by atoms with van der Waals surface area (Å²) in [6.45, 7) is 10.6. The van der Waals surface area contributed by atoms with Crippen LogP contribution in [0, 0.1) is 5.82 Å². The van der Waals surface area contributed by atoms with Gasteiger partial charge in [-0.05, 0) is 63.7 Å². The molecular weight excluding hydrogens is 496 g/mol. The maximum absolute atomic E-state index is 13.0. The SMILES string of the molecule is CCN(CC)CCCC(C)NC(=NC)NCCc1coc(-c2ccc(F)cc2)n1.I. The highest BCUT2D eigenvalue weighted by atomic mass is 127. The maximum Gasteiger partial charge on any atom is 0.226 e. The summed E-state index contributed by atoms with van der Waals surface area (Å²) < 4.78 is 18.5. The Kier molecular flexibility index (Phi) is 12.6. The van der Waals surface area contributed by atoms with E-state index in [0.29, 0.717) is 24.9 Å². The van der Waals surface area contributed by atoms with Gasteiger partial charge in [-0.1, -0.05) is 13.8 Å². The summed E-state index contributed by atoms with van der Waals surface area (Å²) in [5.74, 6) is 1.03. The van der Waals surface area contributed by atoms with Gasteiger partial charge in [0.15, 0.2) is 5.96 Å². The van der Waals surface area contributed by atoms with Gasteiger partial charge in [-0.2, -0.15) is 0 Å². The summed E-state index contributed by atoms with van der Waals surface area (Å²) in [6.07, 6.45) is 4.62. The molecule has 0 aliphatic rings. The molecule has 2 aromatic rings. The molecule has 0 saturated heterocycles. The van der Waals surface area contributed by atoms with Crippen LogP contribution in [0.1, 0.15) is 39.3 Å². The van der Waals surface area contributed by atoms with Gasteiger partial charge in [0.2, 0.25) is 5.89 Å². The molecule has 1 heterocycles. The van der Waals surface area contributed by atoms with Crippen molar-refractivity contribution in [2.75, 3.05) is 33.2 Å². The lowest BCUT2D eigenvalue weighted by Crippen LogP contribution is -2.43. The Morgan fingerprint density at radius 2 is 1.93 bits per heavy atom. The van der Waals surface area contributed by atoms with Crippen molar-refractivity contribution < 1.29 is 8.81 Å². The van der Waals surface area contributed by atoms with E-state index in [-0.39, 0.29) is 29.8 Å². The topological polar surface area (TPSA) is 65.7 Å². The van der Waals surface area contributed by atoms with Crippen molar-refractivity contribution in [3.63, 3.8) is 0 Å². The first-order valence-corrected chi connectivity index (χ1v) is 10.5. The molecule has 2 rings (SSSR count). The molecule has 168 valence electrons. The second-order valence-electron chi connectivity index (χ2n) is 7.11. The molecule has 0 fully saturated rings. The molecule has 8 heteroatoms. The second kappa shape index (κ2) is 14.3. The van der Waals surface area contributed by atoms with E-state index < -0.39 is 0 Å². The van der Waals surface area contributed by atoms with Crippen molar-refractivity contribution in [2.24, 2.45) is 4.99 Å². The highest BCUT2D eigenvalue weighted by molar-refractivity contribution is 14.0. The van der Waals surface area contributed by atoms with Crippen LogP contribution in [0.3, 0.4) is 0 Å². The zero-order valence-electron chi connectivity index (χ0n) is 18.4. The van der Waals surface area contributed by atoms with E-state index in [0.717, 1.165) is 49.7 Å². The van der Waals surface area contributed by atoms with Gasteiger partial charge in [-0.25, -0.2) is 9.37 Å². The smallest absolute Gasteiger partial charge is 0.226 e. The summed E-state index contributed by atoms with van der Waals surface area (Å²) in [5.41, 5.74) is 1.61. The standard InChI is InChI=1S/C22H34FN5O.HI/c1-5-28(6-2)15-7-8-17(3)26-22(24-4)25-14-13-20-16-29-21(27-20)18-9-11-19(23)12-10-18;/h9-12,16-17H,5-8,13-15H2,1-4H3,(H2,24,25,26);1H. The Bertz CT molecular complexity index is 746. The van der Waals surface area contributed by atoms with Gasteiger partial charge in [0.05, 0.1) is 5.69 Å². The number of aromatic nitrogens is 1. The third kappa shape index (κ3) is 8.99. The second-order valence-corrected chi connectivity index (χ2v) is 7.11. The first-order chi connectivity index (χ1) is 14.0. The quantitative estimate of drug-likeness (QED) is 0.257. The van der Waals surface area contributed by atoms with Crippen molar-refractivity contribution >= 4 is 29.9 Å². The molecule has 1 aromatic carbocycles. The van der Waals surface area contributed by atoms with Gasteiger partial charge < -0.3 is 20.0 Å². The molecule has 1 atom stereocenters. The highest BCUT2D eigenvalue weighted by Gasteiger charge is 2.09. The van der Waals surface area contributed by atoms with Crippen LogP contribution in [0.5, 0.6) is 0 Å². The largest absolute Gasteiger partial charge is 0.444 e. The number of nitrogens with one attached hydrogen (secondary N) is 2. The lowest BCUT2D eigenvalue weighted by Gasteiger charge is -2.21. The van der Waals surface area contributed by atoms with E-state index in [1.807, 2.05) is 0 Å². The molecule has 2 N–H and O–H groups in total. The summed E-state index contributed by atoms with van der Waals surface area (Å²) in [6, 6.07) is 6.49. The molecule has 0 amide bonds. The summed E-state index contributed by atoms with van der Waals surface area (Å²) in [5, 5.41) is 6.76. The van der Waals surface area contributed by atoms with Crippen LogP contribution in [0.4, 0.5) is 4.39 Å². The Hall–Kier alpha value is -1.68. The van der Waals surface area contributed by atoms with Crippen molar-refractivity contribution in [1.82, 2.24) is 20.5 Å². The van der Waals surface area contributed by atoms with Gasteiger partial charge >= 0.3 is 0 Å². The number of guanidine groups is 1. The van der Waals surface area contributed by atoms with Crippen LogP contribution in [-0.4, -0.2) is 55.1 Å². The minimum Gasteiger partial charge on any atom is -0.444 e. The van der Waals surface area contributed by atoms with Gasteiger partial charge in [0.1, 0.15) is 12.1 Å². The van der Waals surface area contributed by atoms with Crippen LogP contribution in [0.15, 0.2) is 39.9 Å². The van der Waals surface area contributed by atoms with Gasteiger partial charge in [-0.15, -0.1) is 24.0 Å². The number of nitrogens with zero attached hydrogens (tertiary/aromatic N) is 3.